The molecular weight excluding hydrogens is 480 g/mol. The summed E-state index contributed by atoms with van der Waals surface area (Å²) in [6, 6.07) is 12.5. The van der Waals surface area contributed by atoms with E-state index in [9.17, 15) is 18.0 Å². The third kappa shape index (κ3) is 5.38. The van der Waals surface area contributed by atoms with E-state index in [2.05, 4.69) is 10.2 Å². The molecule has 11 nitrogen and oxygen atoms in total. The molecule has 1 aromatic heterocycles. The molecule has 1 heterocycles. The second-order valence-electron chi connectivity index (χ2n) is 7.27. The van der Waals surface area contributed by atoms with Gasteiger partial charge in [-0.25, -0.2) is 17.5 Å². The van der Waals surface area contributed by atoms with Crippen LogP contribution in [0.3, 0.4) is 0 Å². The number of nitrogens with two attached hydrogens (primary N) is 1. The Bertz CT molecular complexity index is 1320. The number of rotatable bonds is 8. The third-order valence-corrected chi connectivity index (χ3v) is 7.57. The van der Waals surface area contributed by atoms with E-state index in [1.54, 1.807) is 47.9 Å². The van der Waals surface area contributed by atoms with E-state index in [4.69, 9.17) is 10.5 Å². The topological polar surface area (TPSA) is 150 Å². The summed E-state index contributed by atoms with van der Waals surface area (Å²) in [5, 5.41) is 10.2. The summed E-state index contributed by atoms with van der Waals surface area (Å²) in [6.45, 7) is 1.59. The molecular formula is C21H24N6O5S2. The Labute approximate surface area is 201 Å². The lowest BCUT2D eigenvalue weighted by Crippen LogP contribution is -2.39. The van der Waals surface area contributed by atoms with Crippen LogP contribution in [0.5, 0.6) is 5.75 Å². The molecule has 0 saturated carbocycles. The molecule has 13 heteroatoms. The van der Waals surface area contributed by atoms with Crippen molar-refractivity contribution < 1.29 is 22.7 Å². The van der Waals surface area contributed by atoms with E-state index in [-0.39, 0.29) is 4.90 Å². The van der Waals surface area contributed by atoms with E-state index in [1.165, 1.54) is 33.3 Å². The molecule has 34 heavy (non-hydrogen) atoms. The highest BCUT2D eigenvalue weighted by Gasteiger charge is 2.24. The number of benzene rings is 2. The Morgan fingerprint density at radius 3 is 2.50 bits per heavy atom. The maximum Gasteiger partial charge on any atom is 0.318 e. The number of primary amides is 1. The zero-order valence-electron chi connectivity index (χ0n) is 18.9. The quantitative estimate of drug-likeness (QED) is 0.442. The zero-order chi connectivity index (χ0) is 25.0. The van der Waals surface area contributed by atoms with Gasteiger partial charge in [-0.1, -0.05) is 30.0 Å². The summed E-state index contributed by atoms with van der Waals surface area (Å²) in [4.78, 5) is 23.4. The van der Waals surface area contributed by atoms with Crippen molar-refractivity contribution >= 4 is 33.7 Å². The number of sulfonamides is 1. The van der Waals surface area contributed by atoms with Gasteiger partial charge in [0, 0.05) is 25.7 Å². The molecule has 3 N–H and O–H groups in total. The summed E-state index contributed by atoms with van der Waals surface area (Å²) < 4.78 is 33.4. The highest BCUT2D eigenvalue weighted by molar-refractivity contribution is 8.00. The number of ether oxygens (including phenoxy) is 1. The van der Waals surface area contributed by atoms with Crippen LogP contribution in [0.25, 0.3) is 17.1 Å². The van der Waals surface area contributed by atoms with Gasteiger partial charge in [0.15, 0.2) is 11.0 Å². The molecule has 1 atom stereocenters. The maximum atomic E-state index is 12.6. The molecule has 0 aliphatic carbocycles. The van der Waals surface area contributed by atoms with Crippen LogP contribution >= 0.6 is 11.8 Å². The number of urea groups is 1. The predicted octanol–water partition coefficient (Wildman–Crippen LogP) is 1.87. The number of aromatic nitrogens is 3. The van der Waals surface area contributed by atoms with Gasteiger partial charge >= 0.3 is 6.03 Å². The number of hydrogen-bond acceptors (Lipinski definition) is 8. The second kappa shape index (κ2) is 10.2. The van der Waals surface area contributed by atoms with Crippen LogP contribution in [0.1, 0.15) is 6.92 Å². The highest BCUT2D eigenvalue weighted by atomic mass is 32.2. The highest BCUT2D eigenvalue weighted by Crippen LogP contribution is 2.32. The standard InChI is InChI=1S/C21H24N6O5S2/c1-13(19(28)23-20(22)29)33-21-25-24-18(27(21)15-8-6-9-16(12-15)32-4)14-7-5-10-17(11-14)34(30,31)26(2)3/h5-13H,1-4H3,(H3,22,23,28,29)/t13-/m1/s1. The average Bonchev–Trinajstić information content (AvgIpc) is 3.22. The van der Waals surface area contributed by atoms with Crippen molar-refractivity contribution in [3.63, 3.8) is 0 Å². The Morgan fingerprint density at radius 1 is 1.15 bits per heavy atom. The first-order chi connectivity index (χ1) is 16.0. The van der Waals surface area contributed by atoms with Crippen LogP contribution in [0.4, 0.5) is 4.79 Å². The van der Waals surface area contributed by atoms with Gasteiger partial charge in [-0.3, -0.25) is 14.7 Å². The van der Waals surface area contributed by atoms with Crippen molar-refractivity contribution in [2.75, 3.05) is 21.2 Å². The number of imide groups is 1. The van der Waals surface area contributed by atoms with Gasteiger partial charge in [0.2, 0.25) is 15.9 Å². The summed E-state index contributed by atoms with van der Waals surface area (Å²) in [5.74, 6) is 0.351. The summed E-state index contributed by atoms with van der Waals surface area (Å²) in [7, 11) is 0.764. The first kappa shape index (κ1) is 25.2. The van der Waals surface area contributed by atoms with Crippen LogP contribution < -0.4 is 15.8 Å². The summed E-state index contributed by atoms with van der Waals surface area (Å²) in [5.41, 5.74) is 6.18. The van der Waals surface area contributed by atoms with Crippen molar-refractivity contribution in [2.24, 2.45) is 5.73 Å². The number of hydrogen-bond donors (Lipinski definition) is 2. The van der Waals surface area contributed by atoms with Crippen molar-refractivity contribution in [1.29, 1.82) is 0 Å². The van der Waals surface area contributed by atoms with E-state index in [0.29, 0.717) is 28.0 Å². The number of nitrogens with zero attached hydrogens (tertiary/aromatic N) is 4. The normalized spacial score (nSPS) is 12.4. The van der Waals surface area contributed by atoms with Crippen LogP contribution in [-0.2, 0) is 14.8 Å². The molecule has 2 aromatic carbocycles. The first-order valence-electron chi connectivity index (χ1n) is 9.94. The number of amides is 3. The van der Waals surface area contributed by atoms with Crippen LogP contribution in [-0.4, -0.2) is 65.9 Å². The van der Waals surface area contributed by atoms with Gasteiger partial charge < -0.3 is 10.5 Å². The molecule has 0 radical (unpaired) electrons. The second-order valence-corrected chi connectivity index (χ2v) is 10.7. The van der Waals surface area contributed by atoms with E-state index < -0.39 is 27.2 Å². The van der Waals surface area contributed by atoms with Gasteiger partial charge in [-0.15, -0.1) is 10.2 Å². The predicted molar refractivity (Wildman–Crippen MR) is 127 cm³/mol. The molecule has 0 aliphatic rings. The van der Waals surface area contributed by atoms with Gasteiger partial charge in [-0.2, -0.15) is 0 Å². The van der Waals surface area contributed by atoms with Gasteiger partial charge in [0.1, 0.15) is 5.75 Å². The zero-order valence-corrected chi connectivity index (χ0v) is 20.6. The fourth-order valence-corrected chi connectivity index (χ4v) is 4.77. The lowest BCUT2D eigenvalue weighted by atomic mass is 10.2. The van der Waals surface area contributed by atoms with E-state index >= 15 is 0 Å². The number of carbonyl (C=O) groups excluding carboxylic acids is 2. The average molecular weight is 505 g/mol. The monoisotopic (exact) mass is 504 g/mol. The summed E-state index contributed by atoms with van der Waals surface area (Å²) in [6.07, 6.45) is 0. The molecule has 3 rings (SSSR count). The molecule has 3 amide bonds. The molecule has 180 valence electrons. The molecule has 0 fully saturated rings. The minimum atomic E-state index is -3.68. The van der Waals surface area contributed by atoms with Gasteiger partial charge in [0.25, 0.3) is 0 Å². The Kier molecular flexibility index (Phi) is 7.59. The van der Waals surface area contributed by atoms with Crippen molar-refractivity contribution in [2.45, 2.75) is 22.2 Å². The SMILES string of the molecule is COc1cccc(-n2c(S[C@H](C)C(=O)NC(N)=O)nnc2-c2cccc(S(=O)(=O)N(C)C)c2)c1. The molecule has 3 aromatic rings. The van der Waals surface area contributed by atoms with Gasteiger partial charge in [0.05, 0.1) is 22.9 Å². The van der Waals surface area contributed by atoms with E-state index in [1.807, 2.05) is 5.32 Å². The molecule has 0 saturated heterocycles. The molecule has 0 unspecified atom stereocenters. The number of methoxy groups -OCH3 is 1. The minimum absolute atomic E-state index is 0.0959. The fourth-order valence-electron chi connectivity index (χ4n) is 2.96. The number of nitrogens with one attached hydrogen (secondary N) is 1. The van der Waals surface area contributed by atoms with Crippen molar-refractivity contribution in [3.8, 4) is 22.8 Å². The number of thioether (sulfide) groups is 1. The molecule has 0 bridgehead atoms. The van der Waals surface area contributed by atoms with E-state index in [0.717, 1.165) is 16.1 Å². The van der Waals surface area contributed by atoms with Crippen molar-refractivity contribution in [3.05, 3.63) is 48.5 Å². The third-order valence-electron chi connectivity index (χ3n) is 4.71. The molecule has 0 spiro atoms. The lowest BCUT2D eigenvalue weighted by molar-refractivity contribution is -0.119. The lowest BCUT2D eigenvalue weighted by Gasteiger charge is -2.15. The number of carbonyl (C=O) groups is 2. The van der Waals surface area contributed by atoms with Crippen LogP contribution in [0.2, 0.25) is 0 Å². The molecule has 0 aliphatic heterocycles. The fraction of sp³-hybridized carbons (Fsp3) is 0.238. The maximum absolute atomic E-state index is 12.6. The van der Waals surface area contributed by atoms with Crippen molar-refractivity contribution in [1.82, 2.24) is 24.4 Å². The Morgan fingerprint density at radius 2 is 1.85 bits per heavy atom. The van der Waals surface area contributed by atoms with Crippen LogP contribution in [0.15, 0.2) is 58.6 Å². The minimum Gasteiger partial charge on any atom is -0.497 e. The van der Waals surface area contributed by atoms with Crippen LogP contribution in [0, 0.1) is 0 Å². The summed E-state index contributed by atoms with van der Waals surface area (Å²) >= 11 is 1.06. The smallest absolute Gasteiger partial charge is 0.318 e. The van der Waals surface area contributed by atoms with Gasteiger partial charge in [-0.05, 0) is 31.2 Å². The Hall–Kier alpha value is -3.42. The Balaban J connectivity index is 2.14. The largest absolute Gasteiger partial charge is 0.497 e. The first-order valence-corrected chi connectivity index (χ1v) is 12.3.